The normalized spacial score (nSPS) is 12.8. The molecule has 12 heavy (non-hydrogen) atoms. The molecule has 66 valence electrons. The molecule has 0 saturated carbocycles. The van der Waals surface area contributed by atoms with Crippen LogP contribution >= 0.6 is 12.2 Å². The van der Waals surface area contributed by atoms with Crippen LogP contribution in [0.3, 0.4) is 0 Å². The predicted molar refractivity (Wildman–Crippen MR) is 53.7 cm³/mol. The summed E-state index contributed by atoms with van der Waals surface area (Å²) in [6.07, 6.45) is 1.85. The van der Waals surface area contributed by atoms with Crippen molar-refractivity contribution in [3.8, 4) is 0 Å². The molecule has 1 unspecified atom stereocenters. The van der Waals surface area contributed by atoms with Gasteiger partial charge in [0.2, 0.25) is 0 Å². The molecule has 0 saturated heterocycles. The first-order chi connectivity index (χ1) is 5.75. The lowest BCUT2D eigenvalue weighted by atomic mass is 10.1. The fourth-order valence-corrected chi connectivity index (χ4v) is 1.50. The summed E-state index contributed by atoms with van der Waals surface area (Å²) >= 11 is 5.15. The molecule has 0 aromatic carbocycles. The summed E-state index contributed by atoms with van der Waals surface area (Å²) in [6.45, 7) is 5.17. The van der Waals surface area contributed by atoms with Crippen LogP contribution in [0, 0.1) is 4.64 Å². The van der Waals surface area contributed by atoms with Gasteiger partial charge in [-0.15, -0.1) is 0 Å². The molecule has 0 fully saturated rings. The Hall–Kier alpha value is -0.670. The summed E-state index contributed by atoms with van der Waals surface area (Å²) in [6, 6.07) is 4.35. The van der Waals surface area contributed by atoms with Gasteiger partial charge in [-0.2, -0.15) is 0 Å². The van der Waals surface area contributed by atoms with Gasteiger partial charge in [-0.05, 0) is 19.5 Å². The highest BCUT2D eigenvalue weighted by Gasteiger charge is 2.03. The van der Waals surface area contributed by atoms with E-state index in [2.05, 4.69) is 24.1 Å². The van der Waals surface area contributed by atoms with Crippen LogP contribution in [-0.2, 0) is 0 Å². The topological polar surface area (TPSA) is 27.8 Å². The van der Waals surface area contributed by atoms with E-state index in [4.69, 9.17) is 12.2 Å². The maximum absolute atomic E-state index is 5.15. The third-order valence-electron chi connectivity index (χ3n) is 1.83. The number of H-pyrrole nitrogens is 1. The Labute approximate surface area is 78.0 Å². The van der Waals surface area contributed by atoms with Gasteiger partial charge in [0.05, 0.1) is 0 Å². The zero-order chi connectivity index (χ0) is 8.97. The Balaban J connectivity index is 2.87. The largest absolute Gasteiger partial charge is 0.353 e. The van der Waals surface area contributed by atoms with Crippen LogP contribution in [0.25, 0.3) is 0 Å². The van der Waals surface area contributed by atoms with Gasteiger partial charge in [-0.3, -0.25) is 0 Å². The first-order valence-electron chi connectivity index (χ1n) is 4.16. The molecule has 1 rings (SSSR count). The number of pyridine rings is 1. The molecule has 1 atom stereocenters. The maximum Gasteiger partial charge on any atom is 0.108 e. The molecule has 2 N–H and O–H groups in total. The van der Waals surface area contributed by atoms with Crippen LogP contribution in [0.5, 0.6) is 0 Å². The third kappa shape index (κ3) is 2.16. The SMILES string of the molecule is CCNC(C)c1ccc[nH]c1=S. The van der Waals surface area contributed by atoms with E-state index in [0.717, 1.165) is 16.7 Å². The van der Waals surface area contributed by atoms with Crippen LogP contribution < -0.4 is 5.32 Å². The summed E-state index contributed by atoms with van der Waals surface area (Å²) in [7, 11) is 0. The lowest BCUT2D eigenvalue weighted by Gasteiger charge is -2.11. The average Bonchev–Trinajstić information content (AvgIpc) is 2.05. The summed E-state index contributed by atoms with van der Waals surface area (Å²) < 4.78 is 0.825. The van der Waals surface area contributed by atoms with Crippen molar-refractivity contribution in [2.75, 3.05) is 6.54 Å². The fourth-order valence-electron chi connectivity index (χ4n) is 1.19. The predicted octanol–water partition coefficient (Wildman–Crippen LogP) is 2.41. The molecule has 1 heterocycles. The van der Waals surface area contributed by atoms with Crippen LogP contribution in [0.2, 0.25) is 0 Å². The molecule has 0 amide bonds. The van der Waals surface area contributed by atoms with Crippen LogP contribution in [0.15, 0.2) is 18.3 Å². The van der Waals surface area contributed by atoms with Crippen molar-refractivity contribution in [3.63, 3.8) is 0 Å². The molecule has 2 nitrogen and oxygen atoms in total. The van der Waals surface area contributed by atoms with Crippen molar-refractivity contribution in [2.45, 2.75) is 19.9 Å². The van der Waals surface area contributed by atoms with E-state index in [1.165, 1.54) is 0 Å². The van der Waals surface area contributed by atoms with Crippen LogP contribution in [0.1, 0.15) is 25.5 Å². The first-order valence-corrected chi connectivity index (χ1v) is 4.57. The summed E-state index contributed by atoms with van der Waals surface area (Å²) in [5.41, 5.74) is 1.16. The van der Waals surface area contributed by atoms with Crippen molar-refractivity contribution in [2.24, 2.45) is 0 Å². The maximum atomic E-state index is 5.15. The highest BCUT2D eigenvalue weighted by molar-refractivity contribution is 7.71. The number of aromatic amines is 1. The molecule has 1 aromatic heterocycles. The molecule has 0 aliphatic carbocycles. The number of nitrogens with one attached hydrogen (secondary N) is 2. The van der Waals surface area contributed by atoms with Crippen LogP contribution in [-0.4, -0.2) is 11.5 Å². The minimum Gasteiger partial charge on any atom is -0.353 e. The van der Waals surface area contributed by atoms with Gasteiger partial charge in [-0.25, -0.2) is 0 Å². The smallest absolute Gasteiger partial charge is 0.108 e. The average molecular weight is 182 g/mol. The van der Waals surface area contributed by atoms with E-state index in [1.807, 2.05) is 18.3 Å². The van der Waals surface area contributed by atoms with Crippen molar-refractivity contribution >= 4 is 12.2 Å². The molecule has 0 spiro atoms. The highest BCUT2D eigenvalue weighted by atomic mass is 32.1. The first kappa shape index (κ1) is 9.42. The van der Waals surface area contributed by atoms with E-state index >= 15 is 0 Å². The lowest BCUT2D eigenvalue weighted by Crippen LogP contribution is -2.18. The lowest BCUT2D eigenvalue weighted by molar-refractivity contribution is 0.594. The summed E-state index contributed by atoms with van der Waals surface area (Å²) in [5.74, 6) is 0. The van der Waals surface area contributed by atoms with Crippen LogP contribution in [0.4, 0.5) is 0 Å². The Kier molecular flexibility index (Phi) is 3.44. The van der Waals surface area contributed by atoms with Gasteiger partial charge in [0, 0.05) is 17.8 Å². The Morgan fingerprint density at radius 1 is 1.67 bits per heavy atom. The van der Waals surface area contributed by atoms with Crippen molar-refractivity contribution in [3.05, 3.63) is 28.5 Å². The third-order valence-corrected chi connectivity index (χ3v) is 2.18. The molecule has 3 heteroatoms. The monoisotopic (exact) mass is 182 g/mol. The molecule has 0 bridgehead atoms. The van der Waals surface area contributed by atoms with Gasteiger partial charge < -0.3 is 10.3 Å². The standard InChI is InChI=1S/C9H14N2S/c1-3-10-7(2)8-5-4-6-11-9(8)12/h4-7,10H,3H2,1-2H3,(H,11,12). The minimum atomic E-state index is 0.333. The molecular weight excluding hydrogens is 168 g/mol. The Morgan fingerprint density at radius 3 is 3.00 bits per heavy atom. The van der Waals surface area contributed by atoms with Gasteiger partial charge in [0.15, 0.2) is 0 Å². The number of aromatic nitrogens is 1. The van der Waals surface area contributed by atoms with Crippen molar-refractivity contribution < 1.29 is 0 Å². The van der Waals surface area contributed by atoms with Crippen molar-refractivity contribution in [1.29, 1.82) is 0 Å². The van der Waals surface area contributed by atoms with E-state index in [1.54, 1.807) is 0 Å². The number of rotatable bonds is 3. The van der Waals surface area contributed by atoms with Gasteiger partial charge in [0.1, 0.15) is 4.64 Å². The molecular formula is C9H14N2S. The molecule has 0 aliphatic rings. The van der Waals surface area contributed by atoms with E-state index < -0.39 is 0 Å². The van der Waals surface area contributed by atoms with E-state index in [0.29, 0.717) is 6.04 Å². The molecule has 0 radical (unpaired) electrons. The summed E-state index contributed by atoms with van der Waals surface area (Å²) in [5, 5.41) is 3.32. The Bertz CT molecular complexity index is 293. The van der Waals surface area contributed by atoms with Gasteiger partial charge in [-0.1, -0.05) is 25.2 Å². The van der Waals surface area contributed by atoms with E-state index in [9.17, 15) is 0 Å². The quantitative estimate of drug-likeness (QED) is 0.703. The number of hydrogen-bond acceptors (Lipinski definition) is 2. The second-order valence-electron chi connectivity index (χ2n) is 2.73. The summed E-state index contributed by atoms with van der Waals surface area (Å²) in [4.78, 5) is 3.01. The molecule has 1 aromatic rings. The van der Waals surface area contributed by atoms with E-state index in [-0.39, 0.29) is 0 Å². The highest BCUT2D eigenvalue weighted by Crippen LogP contribution is 2.11. The minimum absolute atomic E-state index is 0.333. The zero-order valence-electron chi connectivity index (χ0n) is 7.42. The zero-order valence-corrected chi connectivity index (χ0v) is 8.24. The Morgan fingerprint density at radius 2 is 2.42 bits per heavy atom. The van der Waals surface area contributed by atoms with Gasteiger partial charge >= 0.3 is 0 Å². The second kappa shape index (κ2) is 4.38. The second-order valence-corrected chi connectivity index (χ2v) is 3.14. The van der Waals surface area contributed by atoms with Gasteiger partial charge in [0.25, 0.3) is 0 Å². The number of hydrogen-bond donors (Lipinski definition) is 2. The molecule has 0 aliphatic heterocycles. The van der Waals surface area contributed by atoms with Crippen molar-refractivity contribution in [1.82, 2.24) is 10.3 Å². The fraction of sp³-hybridized carbons (Fsp3) is 0.444.